The summed E-state index contributed by atoms with van der Waals surface area (Å²) in [5.74, 6) is 0. The fraction of sp³-hybridized carbons (Fsp3) is 0.0882. The second kappa shape index (κ2) is 15.4. The minimum atomic E-state index is 0.259. The van der Waals surface area contributed by atoms with E-state index in [1.54, 1.807) is 0 Å². The summed E-state index contributed by atoms with van der Waals surface area (Å²) in [7, 11) is 0. The van der Waals surface area contributed by atoms with Crippen LogP contribution >= 0.6 is 0 Å². The number of nitrogens with zero attached hydrogens (tertiary/aromatic N) is 6. The van der Waals surface area contributed by atoms with Crippen molar-refractivity contribution in [2.45, 2.75) is 41.5 Å². The summed E-state index contributed by atoms with van der Waals surface area (Å²) in [5, 5.41) is 35.3. The molecule has 0 aliphatic heterocycles. The molecule has 0 amide bonds. The number of hydrogen-bond acceptors (Lipinski definition) is 3. The van der Waals surface area contributed by atoms with Gasteiger partial charge in [0.2, 0.25) is 0 Å². The van der Waals surface area contributed by atoms with Gasteiger partial charge in [0.25, 0.3) is 0 Å². The highest BCUT2D eigenvalue weighted by Gasteiger charge is 2.35. The average Bonchev–Trinajstić information content (AvgIpc) is 4.37. The van der Waals surface area contributed by atoms with Crippen molar-refractivity contribution in [3.05, 3.63) is 214 Å². The lowest BCUT2D eigenvalue weighted by Gasteiger charge is -2.28. The van der Waals surface area contributed by atoms with Crippen LogP contribution in [0.15, 0.2) is 174 Å². The van der Waals surface area contributed by atoms with Crippen LogP contribution in [0.3, 0.4) is 0 Å². The Hall–Kier alpha value is -9.82. The van der Waals surface area contributed by atoms with Crippen molar-refractivity contribution in [1.29, 1.82) is 10.5 Å². The van der Waals surface area contributed by atoms with Crippen LogP contribution in [0, 0.1) is 64.2 Å². The topological polar surface area (TPSA) is 80.4 Å². The third kappa shape index (κ3) is 5.78. The van der Waals surface area contributed by atoms with Crippen molar-refractivity contribution in [2.24, 2.45) is 0 Å². The van der Waals surface area contributed by atoms with Crippen LogP contribution in [0.1, 0.15) is 44.5 Å². The van der Waals surface area contributed by atoms with Crippen LogP contribution in [-0.2, 0) is 0 Å². The lowest BCUT2D eigenvalue weighted by molar-refractivity contribution is 0.669. The Morgan fingerprint density at radius 3 is 1.07 bits per heavy atom. The average molecular weight is 963 g/mol. The minimum Gasteiger partial charge on any atom is -0.456 e. The van der Waals surface area contributed by atoms with Crippen LogP contribution in [0.4, 0.5) is 0 Å². The molecule has 15 rings (SSSR count). The standard InChI is InChI=1S/C68H46N6O/c1-37-15-22-55-46(29-37)47-30-38(2)16-23-56(47)71(55)65-52(35-69)53(36-70)66(74-54-13-9-7-11-43(54)44-21-28-62-63(64(44)74)45-12-8-10-14-61(45)75-62)68(73-59-26-19-41(5)33-50(59)51-34-42(6)20-27-60(51)73)67(65)72-57-24-17-39(3)31-48(57)49-32-40(4)18-25-58(49)72/h7-34H,1-6H3. The van der Waals surface area contributed by atoms with E-state index in [2.05, 4.69) is 230 Å². The molecule has 7 heteroatoms. The summed E-state index contributed by atoms with van der Waals surface area (Å²) >= 11 is 0. The molecule has 75 heavy (non-hydrogen) atoms. The fourth-order valence-corrected chi connectivity index (χ4v) is 12.7. The molecule has 0 spiro atoms. The van der Waals surface area contributed by atoms with Crippen LogP contribution in [0.25, 0.3) is 132 Å². The number of benzene rings is 10. The van der Waals surface area contributed by atoms with Gasteiger partial charge in [-0.1, -0.05) is 106 Å². The maximum Gasteiger partial charge on any atom is 0.137 e. The van der Waals surface area contributed by atoms with Crippen molar-refractivity contribution in [2.75, 3.05) is 0 Å². The number of furan rings is 1. The van der Waals surface area contributed by atoms with Crippen molar-refractivity contribution >= 4 is 109 Å². The van der Waals surface area contributed by atoms with Crippen molar-refractivity contribution in [3.8, 4) is 34.9 Å². The number of fused-ring (bicyclic) bond motifs is 16. The van der Waals surface area contributed by atoms with Gasteiger partial charge < -0.3 is 22.7 Å². The Balaban J connectivity index is 1.32. The summed E-state index contributed by atoms with van der Waals surface area (Å²) < 4.78 is 16.1. The van der Waals surface area contributed by atoms with Gasteiger partial charge in [-0.25, -0.2) is 0 Å². The molecule has 5 heterocycles. The Labute approximate surface area is 431 Å². The molecule has 7 nitrogen and oxygen atoms in total. The molecule has 0 radical (unpaired) electrons. The molecule has 10 aromatic carbocycles. The number of para-hydroxylation sites is 2. The van der Waals surface area contributed by atoms with Gasteiger partial charge in [0.1, 0.15) is 23.3 Å². The van der Waals surface area contributed by atoms with E-state index < -0.39 is 0 Å². The second-order valence-corrected chi connectivity index (χ2v) is 20.8. The van der Waals surface area contributed by atoms with E-state index >= 15 is 0 Å². The van der Waals surface area contributed by atoms with E-state index in [0.717, 1.165) is 154 Å². The maximum absolute atomic E-state index is 12.4. The Morgan fingerprint density at radius 1 is 0.307 bits per heavy atom. The number of aromatic nitrogens is 4. The van der Waals surface area contributed by atoms with Gasteiger partial charge in [-0.15, -0.1) is 0 Å². The summed E-state index contributed by atoms with van der Waals surface area (Å²) in [6, 6.07) is 66.5. The first-order valence-electron chi connectivity index (χ1n) is 25.5. The molecular formula is C68H46N6O. The molecule has 0 saturated heterocycles. The molecule has 0 atom stereocenters. The largest absolute Gasteiger partial charge is 0.456 e. The van der Waals surface area contributed by atoms with Crippen LogP contribution in [-0.4, -0.2) is 18.3 Å². The van der Waals surface area contributed by atoms with E-state index in [-0.39, 0.29) is 11.1 Å². The number of hydrogen-bond donors (Lipinski definition) is 0. The zero-order valence-electron chi connectivity index (χ0n) is 42.3. The van der Waals surface area contributed by atoms with Gasteiger partial charge >= 0.3 is 0 Å². The summed E-state index contributed by atoms with van der Waals surface area (Å²) in [5.41, 5.74) is 19.2. The van der Waals surface area contributed by atoms with Gasteiger partial charge in [0.05, 0.1) is 83.4 Å². The Kier molecular flexibility index (Phi) is 8.77. The zero-order valence-corrected chi connectivity index (χ0v) is 42.3. The van der Waals surface area contributed by atoms with Gasteiger partial charge in [0.15, 0.2) is 0 Å². The van der Waals surface area contributed by atoms with Crippen molar-refractivity contribution in [3.63, 3.8) is 0 Å². The monoisotopic (exact) mass is 962 g/mol. The van der Waals surface area contributed by atoms with Crippen molar-refractivity contribution in [1.82, 2.24) is 18.3 Å². The molecule has 5 aromatic heterocycles. The number of rotatable bonds is 4. The first kappa shape index (κ1) is 42.8. The zero-order chi connectivity index (χ0) is 50.7. The predicted octanol–water partition coefficient (Wildman–Crippen LogP) is 17.6. The van der Waals surface area contributed by atoms with Crippen LogP contribution in [0.5, 0.6) is 0 Å². The lowest BCUT2D eigenvalue weighted by atomic mass is 9.98. The highest BCUT2D eigenvalue weighted by atomic mass is 16.3. The van der Waals surface area contributed by atoms with E-state index in [1.165, 1.54) is 0 Å². The highest BCUT2D eigenvalue weighted by molar-refractivity contribution is 6.25. The van der Waals surface area contributed by atoms with Gasteiger partial charge in [-0.05, 0) is 139 Å². The molecule has 354 valence electrons. The molecule has 0 N–H and O–H groups in total. The molecule has 0 aliphatic carbocycles. The van der Waals surface area contributed by atoms with Crippen LogP contribution < -0.4 is 0 Å². The normalized spacial score (nSPS) is 12.1. The first-order valence-corrected chi connectivity index (χ1v) is 25.5. The van der Waals surface area contributed by atoms with E-state index in [9.17, 15) is 10.5 Å². The van der Waals surface area contributed by atoms with E-state index in [0.29, 0.717) is 11.4 Å². The number of nitriles is 2. The summed E-state index contributed by atoms with van der Waals surface area (Å²) in [6.07, 6.45) is 0. The predicted molar refractivity (Wildman–Crippen MR) is 309 cm³/mol. The highest BCUT2D eigenvalue weighted by Crippen LogP contribution is 2.51. The maximum atomic E-state index is 12.4. The summed E-state index contributed by atoms with van der Waals surface area (Å²) in [6.45, 7) is 12.9. The molecule has 0 unspecified atom stereocenters. The second-order valence-electron chi connectivity index (χ2n) is 20.8. The fourth-order valence-electron chi connectivity index (χ4n) is 12.7. The molecule has 0 aliphatic rings. The molecular weight excluding hydrogens is 917 g/mol. The van der Waals surface area contributed by atoms with Gasteiger partial charge in [-0.3, -0.25) is 0 Å². The van der Waals surface area contributed by atoms with Gasteiger partial charge in [0, 0.05) is 48.5 Å². The van der Waals surface area contributed by atoms with Crippen molar-refractivity contribution < 1.29 is 4.42 Å². The Bertz CT molecular complexity index is 4990. The van der Waals surface area contributed by atoms with E-state index in [4.69, 9.17) is 4.42 Å². The van der Waals surface area contributed by atoms with Gasteiger partial charge in [-0.2, -0.15) is 10.5 Å². The smallest absolute Gasteiger partial charge is 0.137 e. The number of aryl methyl sites for hydroxylation is 6. The first-order chi connectivity index (χ1) is 36.6. The third-order valence-corrected chi connectivity index (χ3v) is 15.9. The molecule has 0 bridgehead atoms. The quantitative estimate of drug-likeness (QED) is 0.176. The lowest BCUT2D eigenvalue weighted by Crippen LogP contribution is -2.17. The van der Waals surface area contributed by atoms with E-state index in [1.807, 2.05) is 12.1 Å². The minimum absolute atomic E-state index is 0.259. The van der Waals surface area contributed by atoms with Crippen LogP contribution in [0.2, 0.25) is 0 Å². The third-order valence-electron chi connectivity index (χ3n) is 15.9. The SMILES string of the molecule is Cc1ccc2c(c1)c1cc(C)ccc1n2-c1c(C#N)c(C#N)c(-n2c3ccccc3c3ccc4oc5ccccc5c4c32)c(-n2c3ccc(C)cc3c3cc(C)ccc32)c1-n1c2ccc(C)cc2c2cc(C)ccc21. The molecule has 0 saturated carbocycles. The summed E-state index contributed by atoms with van der Waals surface area (Å²) in [4.78, 5) is 0. The molecule has 15 aromatic rings. The Morgan fingerprint density at radius 2 is 0.653 bits per heavy atom. The molecule has 0 fully saturated rings.